The van der Waals surface area contributed by atoms with Gasteiger partial charge in [-0.25, -0.2) is 9.78 Å². The number of benzene rings is 1. The van der Waals surface area contributed by atoms with Crippen LogP contribution in [0.15, 0.2) is 24.3 Å². The van der Waals surface area contributed by atoms with Crippen LogP contribution in [-0.4, -0.2) is 27.4 Å². The van der Waals surface area contributed by atoms with Crippen molar-refractivity contribution in [2.24, 2.45) is 5.92 Å². The second-order valence-corrected chi connectivity index (χ2v) is 7.78. The van der Waals surface area contributed by atoms with Crippen molar-refractivity contribution in [3.63, 3.8) is 0 Å². The lowest BCUT2D eigenvalue weighted by Gasteiger charge is -2.33. The fourth-order valence-corrected chi connectivity index (χ4v) is 4.49. The largest absolute Gasteiger partial charge is 0.325 e. The highest BCUT2D eigenvalue weighted by Gasteiger charge is 2.52. The highest BCUT2D eigenvalue weighted by atomic mass is 32.1. The number of amides is 3. The van der Waals surface area contributed by atoms with Crippen LogP contribution < -0.4 is 5.32 Å². The average Bonchev–Trinajstić information content (AvgIpc) is 3.05. The highest BCUT2D eigenvalue weighted by Crippen LogP contribution is 2.37. The molecule has 1 N–H and O–H groups in total. The van der Waals surface area contributed by atoms with Crippen LogP contribution in [0.1, 0.15) is 37.6 Å². The molecule has 0 bridgehead atoms. The van der Waals surface area contributed by atoms with Gasteiger partial charge in [0, 0.05) is 0 Å². The number of carbonyl (C=O) groups excluding carboxylic acids is 2. The van der Waals surface area contributed by atoms with Crippen LogP contribution in [0.5, 0.6) is 0 Å². The zero-order chi connectivity index (χ0) is 16.0. The predicted molar refractivity (Wildman–Crippen MR) is 89.1 cm³/mol. The van der Waals surface area contributed by atoms with Crippen LogP contribution in [0.25, 0.3) is 10.2 Å². The highest BCUT2D eigenvalue weighted by molar-refractivity contribution is 7.18. The molecule has 1 saturated heterocycles. The second-order valence-electron chi connectivity index (χ2n) is 6.66. The van der Waals surface area contributed by atoms with Gasteiger partial charge in [0.15, 0.2) is 0 Å². The van der Waals surface area contributed by atoms with Gasteiger partial charge in [0.25, 0.3) is 5.91 Å². The van der Waals surface area contributed by atoms with Crippen molar-refractivity contribution in [3.05, 3.63) is 29.3 Å². The van der Waals surface area contributed by atoms with Crippen molar-refractivity contribution in [2.75, 3.05) is 0 Å². The van der Waals surface area contributed by atoms with E-state index in [1.54, 1.807) is 0 Å². The van der Waals surface area contributed by atoms with E-state index >= 15 is 0 Å². The van der Waals surface area contributed by atoms with Crippen LogP contribution in [0.4, 0.5) is 4.79 Å². The molecule has 2 aromatic rings. The molecule has 23 heavy (non-hydrogen) atoms. The maximum atomic E-state index is 12.8. The van der Waals surface area contributed by atoms with Gasteiger partial charge in [-0.2, -0.15) is 0 Å². The zero-order valence-corrected chi connectivity index (χ0v) is 13.9. The standard InChI is InChI=1S/C17H19N3O2S/c1-11-6-8-17(9-7-11)15(21)20(16(22)19-17)10-14-18-12-4-2-3-5-13(12)23-14/h2-5,11H,6-10H2,1H3,(H,19,22). The van der Waals surface area contributed by atoms with Crippen LogP contribution in [0.2, 0.25) is 0 Å². The van der Waals surface area contributed by atoms with Gasteiger partial charge in [-0.15, -0.1) is 11.3 Å². The number of urea groups is 1. The molecule has 0 unspecified atom stereocenters. The third-order valence-corrected chi connectivity index (χ3v) is 6.03. The van der Waals surface area contributed by atoms with E-state index in [-0.39, 0.29) is 18.5 Å². The number of nitrogens with one attached hydrogen (secondary N) is 1. The summed E-state index contributed by atoms with van der Waals surface area (Å²) in [6.07, 6.45) is 3.46. The number of hydrogen-bond acceptors (Lipinski definition) is 4. The number of fused-ring (bicyclic) bond motifs is 1. The van der Waals surface area contributed by atoms with Gasteiger partial charge in [0.05, 0.1) is 16.8 Å². The Morgan fingerprint density at radius 2 is 2.04 bits per heavy atom. The summed E-state index contributed by atoms with van der Waals surface area (Å²) in [6.45, 7) is 2.47. The number of carbonyl (C=O) groups is 2. The summed E-state index contributed by atoms with van der Waals surface area (Å²) in [7, 11) is 0. The fraction of sp³-hybridized carbons (Fsp3) is 0.471. The van der Waals surface area contributed by atoms with E-state index in [9.17, 15) is 9.59 Å². The maximum Gasteiger partial charge on any atom is 0.325 e. The first-order valence-electron chi connectivity index (χ1n) is 8.06. The smallest absolute Gasteiger partial charge is 0.323 e. The van der Waals surface area contributed by atoms with Crippen molar-refractivity contribution in [1.29, 1.82) is 0 Å². The Morgan fingerprint density at radius 3 is 2.78 bits per heavy atom. The lowest BCUT2D eigenvalue weighted by atomic mass is 9.77. The minimum absolute atomic E-state index is 0.0753. The Kier molecular flexibility index (Phi) is 3.37. The van der Waals surface area contributed by atoms with E-state index in [0.29, 0.717) is 5.92 Å². The molecule has 4 rings (SSSR count). The first-order chi connectivity index (χ1) is 11.1. The van der Waals surface area contributed by atoms with Crippen molar-refractivity contribution >= 4 is 33.5 Å². The first kappa shape index (κ1) is 14.6. The molecular formula is C17H19N3O2S. The molecule has 3 amide bonds. The zero-order valence-electron chi connectivity index (χ0n) is 13.0. The van der Waals surface area contributed by atoms with E-state index in [1.807, 2.05) is 24.3 Å². The molecule has 1 aromatic heterocycles. The Labute approximate surface area is 138 Å². The van der Waals surface area contributed by atoms with Gasteiger partial charge in [-0.05, 0) is 43.7 Å². The molecule has 1 aliphatic heterocycles. The van der Waals surface area contributed by atoms with Gasteiger partial charge in [0.1, 0.15) is 10.5 Å². The van der Waals surface area contributed by atoms with Gasteiger partial charge < -0.3 is 5.32 Å². The molecule has 120 valence electrons. The number of hydrogen-bond donors (Lipinski definition) is 1. The summed E-state index contributed by atoms with van der Waals surface area (Å²) in [5.74, 6) is 0.553. The molecule has 5 nitrogen and oxygen atoms in total. The van der Waals surface area contributed by atoms with Crippen molar-refractivity contribution in [1.82, 2.24) is 15.2 Å². The summed E-state index contributed by atoms with van der Waals surface area (Å²) >= 11 is 1.54. The predicted octanol–water partition coefficient (Wildman–Crippen LogP) is 3.30. The van der Waals surface area contributed by atoms with Crippen molar-refractivity contribution in [3.8, 4) is 0 Å². The van der Waals surface area contributed by atoms with Crippen molar-refractivity contribution < 1.29 is 9.59 Å². The lowest BCUT2D eigenvalue weighted by molar-refractivity contribution is -0.133. The van der Waals surface area contributed by atoms with E-state index in [0.717, 1.165) is 40.9 Å². The first-order valence-corrected chi connectivity index (χ1v) is 8.88. The maximum absolute atomic E-state index is 12.8. The third-order valence-electron chi connectivity index (χ3n) is 5.01. The van der Waals surface area contributed by atoms with Gasteiger partial charge in [-0.1, -0.05) is 19.1 Å². The molecule has 6 heteroatoms. The minimum Gasteiger partial charge on any atom is -0.323 e. The third kappa shape index (κ3) is 2.41. The Morgan fingerprint density at radius 1 is 1.30 bits per heavy atom. The second kappa shape index (κ2) is 5.30. The SMILES string of the molecule is CC1CCC2(CC1)NC(=O)N(Cc1nc3ccccc3s1)C2=O. The molecule has 2 heterocycles. The molecule has 0 atom stereocenters. The number of aromatic nitrogens is 1. The molecule has 2 fully saturated rings. The topological polar surface area (TPSA) is 62.3 Å². The van der Waals surface area contributed by atoms with E-state index < -0.39 is 5.54 Å². The van der Waals surface area contributed by atoms with Crippen LogP contribution in [-0.2, 0) is 11.3 Å². The van der Waals surface area contributed by atoms with Gasteiger partial charge >= 0.3 is 6.03 Å². The Bertz CT molecular complexity index is 744. The minimum atomic E-state index is -0.666. The summed E-state index contributed by atoms with van der Waals surface area (Å²) < 4.78 is 1.08. The van der Waals surface area contributed by atoms with Crippen LogP contribution >= 0.6 is 11.3 Å². The summed E-state index contributed by atoms with van der Waals surface area (Å²) in [5, 5.41) is 3.76. The van der Waals surface area contributed by atoms with E-state index in [1.165, 1.54) is 16.2 Å². The normalized spacial score (nSPS) is 27.9. The van der Waals surface area contributed by atoms with Crippen LogP contribution in [0.3, 0.4) is 0 Å². The monoisotopic (exact) mass is 329 g/mol. The Hall–Kier alpha value is -1.95. The van der Waals surface area contributed by atoms with E-state index in [4.69, 9.17) is 0 Å². The Balaban J connectivity index is 1.57. The summed E-state index contributed by atoms with van der Waals surface area (Å²) in [4.78, 5) is 31.0. The van der Waals surface area contributed by atoms with Gasteiger partial charge in [0.2, 0.25) is 0 Å². The van der Waals surface area contributed by atoms with Gasteiger partial charge in [-0.3, -0.25) is 9.69 Å². The number of imide groups is 1. The summed E-state index contributed by atoms with van der Waals surface area (Å²) in [5.41, 5.74) is 0.251. The molecule has 2 aliphatic rings. The molecule has 1 saturated carbocycles. The average molecular weight is 329 g/mol. The number of thiazole rings is 1. The molecular weight excluding hydrogens is 310 g/mol. The fourth-order valence-electron chi connectivity index (χ4n) is 3.54. The number of nitrogens with zero attached hydrogens (tertiary/aromatic N) is 2. The van der Waals surface area contributed by atoms with Crippen molar-refractivity contribution in [2.45, 2.75) is 44.7 Å². The quantitative estimate of drug-likeness (QED) is 0.860. The number of rotatable bonds is 2. The number of para-hydroxylation sites is 1. The lowest BCUT2D eigenvalue weighted by Crippen LogP contribution is -2.49. The molecule has 0 radical (unpaired) electrons. The summed E-state index contributed by atoms with van der Waals surface area (Å²) in [6, 6.07) is 7.59. The molecule has 1 spiro atoms. The van der Waals surface area contributed by atoms with E-state index in [2.05, 4.69) is 17.2 Å². The molecule has 1 aromatic carbocycles. The van der Waals surface area contributed by atoms with Crippen LogP contribution in [0, 0.1) is 5.92 Å². The molecule has 1 aliphatic carbocycles.